The third kappa shape index (κ3) is 4.47. The van der Waals surface area contributed by atoms with Crippen molar-refractivity contribution in [2.24, 2.45) is 5.10 Å². The first-order chi connectivity index (χ1) is 16.6. The lowest BCUT2D eigenvalue weighted by atomic mass is 10.1. The summed E-state index contributed by atoms with van der Waals surface area (Å²) < 4.78 is 11.4. The number of carbonyl (C=O) groups is 1. The van der Waals surface area contributed by atoms with E-state index in [0.29, 0.717) is 22.9 Å². The fourth-order valence-electron chi connectivity index (χ4n) is 3.08. The maximum Gasteiger partial charge on any atom is 0.336 e. The van der Waals surface area contributed by atoms with Crippen molar-refractivity contribution in [2.75, 3.05) is 10.7 Å². The Hall–Kier alpha value is -4.58. The van der Waals surface area contributed by atoms with Crippen LogP contribution in [0.5, 0.6) is 0 Å². The van der Waals surface area contributed by atoms with Gasteiger partial charge in [0.1, 0.15) is 11.5 Å². The summed E-state index contributed by atoms with van der Waals surface area (Å²) in [6.45, 7) is 0. The SMILES string of the molecule is O=C(O)c1ccccc1-c1ccc(/C=N/Nc2nc3nonc3nc2Nc2ccc(Br)cc2)o1. The lowest BCUT2D eigenvalue weighted by Gasteiger charge is -2.09. The Bertz CT molecular complexity index is 1510. The minimum Gasteiger partial charge on any atom is -0.478 e. The largest absolute Gasteiger partial charge is 0.478 e. The molecule has 0 saturated carbocycles. The van der Waals surface area contributed by atoms with E-state index >= 15 is 0 Å². The normalized spacial score (nSPS) is 11.2. The van der Waals surface area contributed by atoms with Gasteiger partial charge in [-0.15, -0.1) is 0 Å². The van der Waals surface area contributed by atoms with Crippen molar-refractivity contribution in [3.63, 3.8) is 0 Å². The second-order valence-corrected chi connectivity index (χ2v) is 7.80. The van der Waals surface area contributed by atoms with Crippen molar-refractivity contribution >= 4 is 56.7 Å². The molecule has 0 amide bonds. The lowest BCUT2D eigenvalue weighted by Crippen LogP contribution is -2.03. The predicted octanol–water partition coefficient (Wildman–Crippen LogP) is 4.92. The molecule has 5 aromatic rings. The van der Waals surface area contributed by atoms with Crippen molar-refractivity contribution in [2.45, 2.75) is 0 Å². The molecule has 0 saturated heterocycles. The zero-order valence-electron chi connectivity index (χ0n) is 17.1. The number of aromatic carboxylic acids is 1. The van der Waals surface area contributed by atoms with Gasteiger partial charge < -0.3 is 14.8 Å². The second-order valence-electron chi connectivity index (χ2n) is 6.89. The van der Waals surface area contributed by atoms with Crippen LogP contribution in [-0.4, -0.2) is 37.6 Å². The maximum absolute atomic E-state index is 11.5. The van der Waals surface area contributed by atoms with Crippen molar-refractivity contribution in [1.82, 2.24) is 20.3 Å². The van der Waals surface area contributed by atoms with Crippen molar-refractivity contribution in [3.8, 4) is 11.3 Å². The highest BCUT2D eigenvalue weighted by Gasteiger charge is 2.15. The van der Waals surface area contributed by atoms with Gasteiger partial charge in [-0.2, -0.15) is 10.1 Å². The van der Waals surface area contributed by atoms with Crippen LogP contribution in [0.3, 0.4) is 0 Å². The molecule has 0 unspecified atom stereocenters. The first kappa shape index (κ1) is 21.3. The van der Waals surface area contributed by atoms with Gasteiger partial charge >= 0.3 is 5.97 Å². The molecule has 0 bridgehead atoms. The van der Waals surface area contributed by atoms with Crippen molar-refractivity contribution in [1.29, 1.82) is 0 Å². The highest BCUT2D eigenvalue weighted by molar-refractivity contribution is 9.10. The summed E-state index contributed by atoms with van der Waals surface area (Å²) in [5.41, 5.74) is 4.65. The second kappa shape index (κ2) is 9.11. The zero-order chi connectivity index (χ0) is 23.5. The molecule has 0 atom stereocenters. The number of carboxylic acid groups (broad SMARTS) is 1. The third-order valence-electron chi connectivity index (χ3n) is 4.63. The first-order valence-corrected chi connectivity index (χ1v) is 10.6. The molecule has 11 nitrogen and oxygen atoms in total. The van der Waals surface area contributed by atoms with Gasteiger partial charge in [0.25, 0.3) is 0 Å². The Morgan fingerprint density at radius 1 is 0.971 bits per heavy atom. The number of hydrogen-bond donors (Lipinski definition) is 3. The predicted molar refractivity (Wildman–Crippen MR) is 127 cm³/mol. The highest BCUT2D eigenvalue weighted by atomic mass is 79.9. The molecule has 3 heterocycles. The van der Waals surface area contributed by atoms with Gasteiger partial charge in [0.15, 0.2) is 11.6 Å². The molecule has 34 heavy (non-hydrogen) atoms. The minimum absolute atomic E-state index is 0.145. The van der Waals surface area contributed by atoms with E-state index in [4.69, 9.17) is 9.05 Å². The average Bonchev–Trinajstić information content (AvgIpc) is 3.50. The van der Waals surface area contributed by atoms with Gasteiger partial charge in [0.2, 0.25) is 11.3 Å². The molecule has 0 aliphatic rings. The van der Waals surface area contributed by atoms with E-state index in [2.05, 4.69) is 52.1 Å². The van der Waals surface area contributed by atoms with Crippen molar-refractivity contribution < 1.29 is 18.9 Å². The number of fused-ring (bicyclic) bond motifs is 1. The van der Waals surface area contributed by atoms with E-state index in [0.717, 1.165) is 10.2 Å². The van der Waals surface area contributed by atoms with E-state index < -0.39 is 5.97 Å². The molecule has 0 fully saturated rings. The molecule has 3 N–H and O–H groups in total. The minimum atomic E-state index is -1.04. The molecule has 0 spiro atoms. The topological polar surface area (TPSA) is 152 Å². The van der Waals surface area contributed by atoms with Gasteiger partial charge in [-0.3, -0.25) is 5.43 Å². The number of nitrogens with zero attached hydrogens (tertiary/aromatic N) is 5. The van der Waals surface area contributed by atoms with Gasteiger partial charge in [-0.05, 0) is 52.8 Å². The summed E-state index contributed by atoms with van der Waals surface area (Å²) in [7, 11) is 0. The van der Waals surface area contributed by atoms with Crippen LogP contribution in [-0.2, 0) is 0 Å². The summed E-state index contributed by atoms with van der Waals surface area (Å²) in [6, 6.07) is 17.4. The summed E-state index contributed by atoms with van der Waals surface area (Å²) in [4.78, 5) is 20.2. The number of anilines is 3. The molecular formula is C22H14BrN7O4. The summed E-state index contributed by atoms with van der Waals surface area (Å²) in [5, 5.41) is 24.2. The van der Waals surface area contributed by atoms with Crippen LogP contribution in [0.15, 0.2) is 79.3 Å². The molecule has 0 radical (unpaired) electrons. The molecule has 3 aromatic heterocycles. The number of nitrogens with one attached hydrogen (secondary N) is 2. The van der Waals surface area contributed by atoms with Crippen LogP contribution in [0, 0.1) is 0 Å². The molecular weight excluding hydrogens is 506 g/mol. The van der Waals surface area contributed by atoms with Crippen LogP contribution in [0.4, 0.5) is 17.3 Å². The fourth-order valence-corrected chi connectivity index (χ4v) is 3.35. The van der Waals surface area contributed by atoms with Gasteiger partial charge in [0.05, 0.1) is 11.8 Å². The van der Waals surface area contributed by atoms with Crippen LogP contribution in [0.25, 0.3) is 22.6 Å². The molecule has 0 aliphatic heterocycles. The monoisotopic (exact) mass is 519 g/mol. The number of halogens is 1. The standard InChI is InChI=1S/C22H14BrN7O4/c23-12-5-7-13(8-6-12)25-18-19(27-21-20(26-18)29-34-30-21)28-24-11-14-9-10-17(33-14)15-3-1-2-4-16(15)22(31)32/h1-11H,(H,31,32)(H,25,26,29)(H,27,28,30)/b24-11+. The summed E-state index contributed by atoms with van der Waals surface area (Å²) in [6.07, 6.45) is 1.43. The van der Waals surface area contributed by atoms with E-state index in [1.54, 1.807) is 30.3 Å². The Morgan fingerprint density at radius 2 is 1.71 bits per heavy atom. The fraction of sp³-hybridized carbons (Fsp3) is 0. The number of hydrazone groups is 1. The maximum atomic E-state index is 11.5. The molecule has 2 aromatic carbocycles. The van der Waals surface area contributed by atoms with Crippen LogP contribution >= 0.6 is 15.9 Å². The lowest BCUT2D eigenvalue weighted by molar-refractivity contribution is 0.0697. The number of rotatable bonds is 7. The summed E-state index contributed by atoms with van der Waals surface area (Å²) in [5.74, 6) is 0.420. The average molecular weight is 520 g/mol. The molecule has 12 heteroatoms. The van der Waals surface area contributed by atoms with E-state index in [-0.39, 0.29) is 22.7 Å². The first-order valence-electron chi connectivity index (χ1n) is 9.81. The Kier molecular flexibility index (Phi) is 5.70. The molecule has 168 valence electrons. The third-order valence-corrected chi connectivity index (χ3v) is 5.16. The molecule has 5 rings (SSSR count). The van der Waals surface area contributed by atoms with Crippen LogP contribution in [0.1, 0.15) is 16.1 Å². The Labute approximate surface area is 199 Å². The zero-order valence-corrected chi connectivity index (χ0v) is 18.7. The quantitative estimate of drug-likeness (QED) is 0.199. The van der Waals surface area contributed by atoms with Gasteiger partial charge in [0, 0.05) is 15.7 Å². The number of benzene rings is 2. The van der Waals surface area contributed by atoms with E-state index in [1.807, 2.05) is 24.3 Å². The smallest absolute Gasteiger partial charge is 0.336 e. The van der Waals surface area contributed by atoms with E-state index in [9.17, 15) is 9.90 Å². The number of hydrogen-bond acceptors (Lipinski definition) is 10. The van der Waals surface area contributed by atoms with Crippen LogP contribution < -0.4 is 10.7 Å². The number of carboxylic acids is 1. The molecule has 0 aliphatic carbocycles. The van der Waals surface area contributed by atoms with Gasteiger partial charge in [-0.25, -0.2) is 14.4 Å². The number of furan rings is 1. The van der Waals surface area contributed by atoms with E-state index in [1.165, 1.54) is 12.3 Å². The highest BCUT2D eigenvalue weighted by Crippen LogP contribution is 2.27. The Morgan fingerprint density at radius 3 is 2.47 bits per heavy atom. The summed E-state index contributed by atoms with van der Waals surface area (Å²) >= 11 is 3.40. The Balaban J connectivity index is 1.38. The van der Waals surface area contributed by atoms with Crippen molar-refractivity contribution in [3.05, 3.63) is 76.5 Å². The number of aromatic nitrogens is 4. The van der Waals surface area contributed by atoms with Crippen LogP contribution in [0.2, 0.25) is 0 Å². The van der Waals surface area contributed by atoms with Gasteiger partial charge in [-0.1, -0.05) is 34.1 Å².